The number of aromatic amines is 2. The van der Waals surface area contributed by atoms with Gasteiger partial charge in [0.2, 0.25) is 0 Å². The van der Waals surface area contributed by atoms with Gasteiger partial charge in [-0.3, -0.25) is 9.59 Å². The van der Waals surface area contributed by atoms with Gasteiger partial charge in [-0.25, -0.2) is 14.8 Å². The van der Waals surface area contributed by atoms with E-state index in [9.17, 15) is 14.4 Å². The molecule has 0 fully saturated rings. The van der Waals surface area contributed by atoms with E-state index in [2.05, 4.69) is 20.6 Å². The normalized spacial score (nSPS) is 15.2. The summed E-state index contributed by atoms with van der Waals surface area (Å²) in [6.07, 6.45) is 1.95. The molecule has 0 unspecified atom stereocenters. The van der Waals surface area contributed by atoms with E-state index in [0.29, 0.717) is 16.8 Å². The van der Waals surface area contributed by atoms with Gasteiger partial charge in [-0.1, -0.05) is 17.4 Å². The third kappa shape index (κ3) is 3.38. The second-order valence-electron chi connectivity index (χ2n) is 6.83. The molecule has 4 heterocycles. The van der Waals surface area contributed by atoms with E-state index < -0.39 is 5.91 Å². The summed E-state index contributed by atoms with van der Waals surface area (Å²) in [5.74, 6) is 1.16. The van der Waals surface area contributed by atoms with Crippen molar-refractivity contribution in [1.29, 1.82) is 0 Å². The third-order valence-electron chi connectivity index (χ3n) is 4.84. The summed E-state index contributed by atoms with van der Waals surface area (Å²) in [4.78, 5) is 43.1. The van der Waals surface area contributed by atoms with Crippen LogP contribution in [0.4, 0.5) is 5.69 Å². The Hall–Kier alpha value is -2.85. The first-order valence-electron chi connectivity index (χ1n) is 9.16. The molecule has 0 bridgehead atoms. The Kier molecular flexibility index (Phi) is 4.51. The Morgan fingerprint density at radius 2 is 2.21 bits per heavy atom. The molecular weight excluding hydrogens is 412 g/mol. The third-order valence-corrected chi connectivity index (χ3v) is 7.38. The molecule has 2 aliphatic rings. The van der Waals surface area contributed by atoms with Crippen molar-refractivity contribution >= 4 is 50.8 Å². The molecule has 2 aliphatic heterocycles. The molecule has 0 spiro atoms. The molecule has 10 heteroatoms. The summed E-state index contributed by atoms with van der Waals surface area (Å²) in [5, 5.41) is 6.20. The quantitative estimate of drug-likeness (QED) is 0.586. The van der Waals surface area contributed by atoms with Gasteiger partial charge < -0.3 is 15.4 Å². The van der Waals surface area contributed by atoms with Crippen molar-refractivity contribution in [2.24, 2.45) is 0 Å². The number of amides is 2. The number of H-pyrrole nitrogens is 2. The van der Waals surface area contributed by atoms with Crippen LogP contribution < -0.4 is 25.9 Å². The Morgan fingerprint density at radius 1 is 1.31 bits per heavy atom. The number of rotatable bonds is 3. The van der Waals surface area contributed by atoms with Crippen LogP contribution in [0.15, 0.2) is 27.2 Å². The number of nitrogens with one attached hydrogen (secondary N) is 4. The first-order valence-corrected chi connectivity index (χ1v) is 11.0. The number of carbonyl (C=O) groups excluding carboxylic acids is 2. The zero-order valence-electron chi connectivity index (χ0n) is 15.2. The van der Waals surface area contributed by atoms with Gasteiger partial charge in [0.1, 0.15) is 11.1 Å². The number of carbonyl (C=O) groups is 2. The number of thioether (sulfide) groups is 1. The minimum atomic E-state index is -0.402. The first kappa shape index (κ1) is 18.2. The van der Waals surface area contributed by atoms with Crippen LogP contribution in [0.2, 0.25) is 0 Å². The van der Waals surface area contributed by atoms with Crippen LogP contribution in [-0.2, 0) is 17.8 Å². The molecule has 148 valence electrons. The fourth-order valence-electron chi connectivity index (χ4n) is 3.48. The Morgan fingerprint density at radius 3 is 3.10 bits per heavy atom. The zero-order chi connectivity index (χ0) is 20.0. The zero-order valence-corrected chi connectivity index (χ0v) is 16.9. The highest BCUT2D eigenvalue weighted by atomic mass is 32.2. The Labute approximate surface area is 173 Å². The highest BCUT2D eigenvalue weighted by Crippen LogP contribution is 2.39. The number of ether oxygens (including phenoxy) is 1. The van der Waals surface area contributed by atoms with Crippen LogP contribution in [0.3, 0.4) is 0 Å². The number of aryl methyl sites for hydroxylation is 1. The number of anilines is 1. The van der Waals surface area contributed by atoms with Gasteiger partial charge in [0.15, 0.2) is 11.4 Å². The van der Waals surface area contributed by atoms with Gasteiger partial charge in [-0.2, -0.15) is 0 Å². The number of hydrogen-bond acceptors (Lipinski definition) is 6. The number of hydrogen-bond donors (Lipinski definition) is 3. The predicted molar refractivity (Wildman–Crippen MR) is 110 cm³/mol. The van der Waals surface area contributed by atoms with Gasteiger partial charge >= 0.3 is 17.3 Å². The van der Waals surface area contributed by atoms with Crippen LogP contribution in [0.5, 0.6) is 5.75 Å². The average Bonchev–Trinajstić information content (AvgIpc) is 3.10. The summed E-state index contributed by atoms with van der Waals surface area (Å²) in [6, 6.07) is 5.33. The van der Waals surface area contributed by atoms with E-state index in [0.717, 1.165) is 38.8 Å². The average molecular weight is 430 g/mol. The van der Waals surface area contributed by atoms with Crippen molar-refractivity contribution in [3.8, 4) is 5.75 Å². The fraction of sp³-hybridized carbons (Fsp3) is 0.263. The number of benzene rings is 1. The Bertz CT molecular complexity index is 1220. The number of aromatic nitrogens is 2. The van der Waals surface area contributed by atoms with Crippen LogP contribution in [0.1, 0.15) is 28.2 Å². The summed E-state index contributed by atoms with van der Waals surface area (Å²) in [5.41, 5.74) is 2.23. The van der Waals surface area contributed by atoms with E-state index in [4.69, 9.17) is 4.74 Å². The van der Waals surface area contributed by atoms with E-state index >= 15 is 0 Å². The van der Waals surface area contributed by atoms with Crippen LogP contribution in [0, 0.1) is 0 Å². The molecule has 2 aromatic heterocycles. The lowest BCUT2D eigenvalue weighted by molar-refractivity contribution is -0.351. The molecule has 2 amide bonds. The van der Waals surface area contributed by atoms with Crippen LogP contribution >= 0.6 is 23.1 Å². The summed E-state index contributed by atoms with van der Waals surface area (Å²) in [7, 11) is 0. The molecule has 0 aliphatic carbocycles. The largest absolute Gasteiger partial charge is 0.482 e. The molecule has 4 N–H and O–H groups in total. The SMILES string of the molecule is O=C1COc2ccc(CNC(=O)c3[nH]c(=O)c4c5c(sc4[nH+]3)SCCC5)cc2N1. The maximum atomic E-state index is 12.6. The highest BCUT2D eigenvalue weighted by molar-refractivity contribution is 8.01. The fourth-order valence-corrected chi connectivity index (χ4v) is 6.05. The van der Waals surface area contributed by atoms with Crippen molar-refractivity contribution < 1.29 is 19.3 Å². The van der Waals surface area contributed by atoms with Crippen molar-refractivity contribution in [1.82, 2.24) is 10.3 Å². The smallest absolute Gasteiger partial charge is 0.347 e. The van der Waals surface area contributed by atoms with Gasteiger partial charge in [-0.05, 0) is 41.9 Å². The highest BCUT2D eigenvalue weighted by Gasteiger charge is 2.25. The predicted octanol–water partition coefficient (Wildman–Crippen LogP) is 1.70. The summed E-state index contributed by atoms with van der Waals surface area (Å²) >= 11 is 3.29. The molecule has 1 aromatic carbocycles. The van der Waals surface area contributed by atoms with E-state index in [1.54, 1.807) is 23.9 Å². The number of fused-ring (bicyclic) bond motifs is 4. The van der Waals surface area contributed by atoms with Crippen LogP contribution in [-0.4, -0.2) is 29.2 Å². The topological polar surface area (TPSA) is 114 Å². The monoisotopic (exact) mass is 429 g/mol. The molecule has 0 atom stereocenters. The molecular formula is C19H17N4O4S2+. The molecule has 5 rings (SSSR count). The first-order chi connectivity index (χ1) is 14.1. The Balaban J connectivity index is 1.36. The second kappa shape index (κ2) is 7.20. The summed E-state index contributed by atoms with van der Waals surface area (Å²) < 4.78 is 6.49. The molecule has 29 heavy (non-hydrogen) atoms. The molecule has 0 radical (unpaired) electrons. The lowest BCUT2D eigenvalue weighted by Gasteiger charge is -2.18. The molecule has 8 nitrogen and oxygen atoms in total. The van der Waals surface area contributed by atoms with Gasteiger partial charge in [0.25, 0.3) is 5.91 Å². The van der Waals surface area contributed by atoms with Gasteiger partial charge in [0, 0.05) is 6.54 Å². The summed E-state index contributed by atoms with van der Waals surface area (Å²) in [6.45, 7) is 0.242. The molecule has 3 aromatic rings. The standard InChI is InChI=1S/C19H16N4O4S2/c24-13-8-27-12-4-3-9(6-11(12)21-13)7-20-17(26)15-22-16(25)14-10-2-1-5-28-19(10)29-18(14)23-15/h3-4,6H,1-2,5,7-8H2,(H,20,26)(H,21,24)(H,22,23,25)/p+1. The minimum absolute atomic E-state index is 0.000582. The van der Waals surface area contributed by atoms with Crippen molar-refractivity contribution in [2.45, 2.75) is 23.6 Å². The number of thiophene rings is 1. The van der Waals surface area contributed by atoms with Gasteiger partial charge in [-0.15, -0.1) is 11.8 Å². The van der Waals surface area contributed by atoms with Crippen LogP contribution in [0.25, 0.3) is 10.2 Å². The maximum absolute atomic E-state index is 12.6. The maximum Gasteiger partial charge on any atom is 0.347 e. The lowest BCUT2D eigenvalue weighted by Crippen LogP contribution is -2.34. The van der Waals surface area contributed by atoms with Crippen molar-refractivity contribution in [2.75, 3.05) is 17.7 Å². The minimum Gasteiger partial charge on any atom is -0.482 e. The van der Waals surface area contributed by atoms with Crippen molar-refractivity contribution in [3.63, 3.8) is 0 Å². The van der Waals surface area contributed by atoms with E-state index in [-0.39, 0.29) is 30.4 Å². The molecule has 0 saturated carbocycles. The van der Waals surface area contributed by atoms with Gasteiger partial charge in [0.05, 0.1) is 9.90 Å². The lowest BCUT2D eigenvalue weighted by atomic mass is 10.1. The van der Waals surface area contributed by atoms with E-state index in [1.807, 2.05) is 6.07 Å². The van der Waals surface area contributed by atoms with Crippen molar-refractivity contribution in [3.05, 3.63) is 45.5 Å². The van der Waals surface area contributed by atoms with E-state index in [1.165, 1.54) is 11.3 Å². The molecule has 0 saturated heterocycles. The second-order valence-corrected chi connectivity index (χ2v) is 9.21.